The van der Waals surface area contributed by atoms with Gasteiger partial charge in [-0.2, -0.15) is 0 Å². The number of benzene rings is 1. The number of hydrogen-bond donors (Lipinski definition) is 2. The van der Waals surface area contributed by atoms with Crippen molar-refractivity contribution >= 4 is 17.5 Å². The van der Waals surface area contributed by atoms with Crippen LogP contribution in [0.15, 0.2) is 24.3 Å². The molecule has 0 spiro atoms. The van der Waals surface area contributed by atoms with Gasteiger partial charge in [-0.1, -0.05) is 12.8 Å². The average Bonchev–Trinajstić information content (AvgIpc) is 3.10. The highest BCUT2D eigenvalue weighted by molar-refractivity contribution is 5.92. The fourth-order valence-corrected chi connectivity index (χ4v) is 3.00. The van der Waals surface area contributed by atoms with Crippen LogP contribution in [0.3, 0.4) is 0 Å². The zero-order valence-corrected chi connectivity index (χ0v) is 13.8. The molecule has 25 heavy (non-hydrogen) atoms. The number of nitrogens with one attached hydrogen (secondary N) is 2. The lowest BCUT2D eigenvalue weighted by Crippen LogP contribution is -2.26. The van der Waals surface area contributed by atoms with E-state index < -0.39 is 0 Å². The third-order valence-electron chi connectivity index (χ3n) is 4.62. The van der Waals surface area contributed by atoms with Crippen LogP contribution in [0, 0.1) is 5.92 Å². The maximum Gasteiger partial charge on any atom is 0.293 e. The van der Waals surface area contributed by atoms with Crippen molar-refractivity contribution in [2.75, 3.05) is 5.32 Å². The first kappa shape index (κ1) is 15.7. The number of tetrazole rings is 1. The maximum absolute atomic E-state index is 12.1. The van der Waals surface area contributed by atoms with Gasteiger partial charge in [0, 0.05) is 17.6 Å². The van der Waals surface area contributed by atoms with Gasteiger partial charge in [-0.15, -0.1) is 15.0 Å². The van der Waals surface area contributed by atoms with Crippen molar-refractivity contribution < 1.29 is 9.59 Å². The fourth-order valence-electron chi connectivity index (χ4n) is 3.00. The normalized spacial score (nSPS) is 17.4. The van der Waals surface area contributed by atoms with E-state index >= 15 is 0 Å². The van der Waals surface area contributed by atoms with E-state index in [-0.39, 0.29) is 29.6 Å². The van der Waals surface area contributed by atoms with Gasteiger partial charge < -0.3 is 10.6 Å². The molecule has 2 N–H and O–H groups in total. The zero-order chi connectivity index (χ0) is 17.2. The van der Waals surface area contributed by atoms with E-state index in [9.17, 15) is 9.59 Å². The Hall–Kier alpha value is -2.77. The molecule has 2 saturated carbocycles. The largest absolute Gasteiger partial charge is 0.346 e. The minimum Gasteiger partial charge on any atom is -0.346 e. The summed E-state index contributed by atoms with van der Waals surface area (Å²) in [4.78, 5) is 25.4. The predicted molar refractivity (Wildman–Crippen MR) is 90.2 cm³/mol. The van der Waals surface area contributed by atoms with Gasteiger partial charge in [-0.3, -0.25) is 9.59 Å². The molecule has 0 saturated heterocycles. The van der Waals surface area contributed by atoms with Gasteiger partial charge in [0.25, 0.3) is 11.7 Å². The van der Waals surface area contributed by atoms with Gasteiger partial charge >= 0.3 is 0 Å². The molecule has 8 heteroatoms. The minimum absolute atomic E-state index is 0.0607. The Labute approximate surface area is 145 Å². The monoisotopic (exact) mass is 340 g/mol. The summed E-state index contributed by atoms with van der Waals surface area (Å²) in [6.07, 6.45) is 6.22. The molecule has 0 atom stereocenters. The van der Waals surface area contributed by atoms with Crippen LogP contribution in [-0.2, 0) is 4.79 Å². The lowest BCUT2D eigenvalue weighted by molar-refractivity contribution is -0.119. The van der Waals surface area contributed by atoms with Crippen LogP contribution < -0.4 is 10.6 Å². The summed E-state index contributed by atoms with van der Waals surface area (Å²) in [6, 6.07) is 7.43. The first-order chi connectivity index (χ1) is 12.2. The number of hydrogen-bond acceptors (Lipinski definition) is 5. The third-order valence-corrected chi connectivity index (χ3v) is 4.62. The Morgan fingerprint density at radius 2 is 1.76 bits per heavy atom. The minimum atomic E-state index is -0.297. The van der Waals surface area contributed by atoms with Crippen molar-refractivity contribution in [3.05, 3.63) is 30.1 Å². The van der Waals surface area contributed by atoms with Gasteiger partial charge in [0.15, 0.2) is 0 Å². The van der Waals surface area contributed by atoms with Crippen molar-refractivity contribution in [3.63, 3.8) is 0 Å². The Balaban J connectivity index is 1.40. The van der Waals surface area contributed by atoms with Crippen LogP contribution in [0.4, 0.5) is 5.69 Å². The van der Waals surface area contributed by atoms with Gasteiger partial charge in [-0.05, 0) is 55.2 Å². The second-order valence-electron chi connectivity index (χ2n) is 6.67. The maximum atomic E-state index is 12.1. The number of nitrogens with zero attached hydrogens (tertiary/aromatic N) is 4. The number of rotatable bonds is 5. The highest BCUT2D eigenvalue weighted by Gasteiger charge is 2.26. The quantitative estimate of drug-likeness (QED) is 0.862. The van der Waals surface area contributed by atoms with E-state index in [2.05, 4.69) is 26.0 Å². The summed E-state index contributed by atoms with van der Waals surface area (Å²) in [5.74, 6) is -0.0212. The molecule has 0 radical (unpaired) electrons. The molecule has 2 amide bonds. The first-order valence-electron chi connectivity index (χ1n) is 8.71. The van der Waals surface area contributed by atoms with Crippen molar-refractivity contribution in [1.82, 2.24) is 25.5 Å². The van der Waals surface area contributed by atoms with Gasteiger partial charge in [0.05, 0.1) is 5.69 Å². The summed E-state index contributed by atoms with van der Waals surface area (Å²) in [5, 5.41) is 17.6. The molecular formula is C17H20N6O2. The topological polar surface area (TPSA) is 102 Å². The molecule has 1 heterocycles. The van der Waals surface area contributed by atoms with Crippen molar-refractivity contribution in [2.24, 2.45) is 5.92 Å². The van der Waals surface area contributed by atoms with E-state index in [0.29, 0.717) is 5.69 Å². The number of aromatic nitrogens is 4. The standard InChI is InChI=1S/C17H20N6O2/c24-16(11-3-1-2-4-11)18-13-7-9-14(10-8-13)23-21-15(20-22-23)17(25)19-12-5-6-12/h7-12H,1-6H2,(H,18,24)(H,19,25). The average molecular weight is 340 g/mol. The van der Waals surface area contributed by atoms with Gasteiger partial charge in [0.2, 0.25) is 5.91 Å². The van der Waals surface area contributed by atoms with Crippen LogP contribution in [-0.4, -0.2) is 38.1 Å². The van der Waals surface area contributed by atoms with Crippen molar-refractivity contribution in [1.29, 1.82) is 0 Å². The summed E-state index contributed by atoms with van der Waals surface area (Å²) in [7, 11) is 0. The van der Waals surface area contributed by atoms with E-state index in [0.717, 1.165) is 44.2 Å². The Morgan fingerprint density at radius 3 is 2.44 bits per heavy atom. The van der Waals surface area contributed by atoms with Crippen molar-refractivity contribution in [3.8, 4) is 5.69 Å². The Kier molecular flexibility index (Phi) is 4.17. The van der Waals surface area contributed by atoms with Crippen LogP contribution in [0.1, 0.15) is 49.1 Å². The predicted octanol–water partition coefficient (Wildman–Crippen LogP) is 1.68. The lowest BCUT2D eigenvalue weighted by atomic mass is 10.1. The van der Waals surface area contributed by atoms with Crippen LogP contribution >= 0.6 is 0 Å². The van der Waals surface area contributed by atoms with Gasteiger partial charge in [-0.25, -0.2) is 0 Å². The first-order valence-corrected chi connectivity index (χ1v) is 8.71. The SMILES string of the molecule is O=C(NC1CC1)c1nnn(-c2ccc(NC(=O)C3CCCC3)cc2)n1. The molecule has 1 aromatic heterocycles. The molecule has 130 valence electrons. The van der Waals surface area contributed by atoms with Crippen LogP contribution in [0.25, 0.3) is 5.69 Å². The lowest BCUT2D eigenvalue weighted by Gasteiger charge is -2.10. The molecule has 0 aliphatic heterocycles. The summed E-state index contributed by atoms with van der Waals surface area (Å²) in [6.45, 7) is 0. The van der Waals surface area contributed by atoms with E-state index in [4.69, 9.17) is 0 Å². The molecule has 1 aromatic carbocycles. The van der Waals surface area contributed by atoms with E-state index in [1.807, 2.05) is 0 Å². The molecule has 4 rings (SSSR count). The molecule has 2 fully saturated rings. The number of carbonyl (C=O) groups excluding carboxylic acids is 2. The second-order valence-corrected chi connectivity index (χ2v) is 6.67. The molecule has 0 bridgehead atoms. The second kappa shape index (κ2) is 6.62. The molecular weight excluding hydrogens is 320 g/mol. The molecule has 2 aliphatic rings. The summed E-state index contributed by atoms with van der Waals surface area (Å²) < 4.78 is 0. The van der Waals surface area contributed by atoms with Crippen LogP contribution in [0.2, 0.25) is 0 Å². The number of anilines is 1. The van der Waals surface area contributed by atoms with Crippen LogP contribution in [0.5, 0.6) is 0 Å². The Bertz CT molecular complexity index is 775. The molecule has 8 nitrogen and oxygen atoms in total. The molecule has 2 aliphatic carbocycles. The fraction of sp³-hybridized carbons (Fsp3) is 0.471. The molecule has 0 unspecified atom stereocenters. The highest BCUT2D eigenvalue weighted by atomic mass is 16.2. The number of carbonyl (C=O) groups is 2. The molecule has 2 aromatic rings. The van der Waals surface area contributed by atoms with E-state index in [1.54, 1.807) is 24.3 Å². The summed E-state index contributed by atoms with van der Waals surface area (Å²) >= 11 is 0. The smallest absolute Gasteiger partial charge is 0.293 e. The zero-order valence-electron chi connectivity index (χ0n) is 13.8. The van der Waals surface area contributed by atoms with E-state index in [1.165, 1.54) is 4.80 Å². The van der Waals surface area contributed by atoms with Crippen molar-refractivity contribution in [2.45, 2.75) is 44.6 Å². The van der Waals surface area contributed by atoms with Gasteiger partial charge in [0.1, 0.15) is 0 Å². The third kappa shape index (κ3) is 3.67. The highest BCUT2D eigenvalue weighted by Crippen LogP contribution is 2.26. The number of amides is 2. The Morgan fingerprint density at radius 1 is 1.04 bits per heavy atom. The summed E-state index contributed by atoms with van der Waals surface area (Å²) in [5.41, 5.74) is 1.42.